The first-order chi connectivity index (χ1) is 23.9. The van der Waals surface area contributed by atoms with Gasteiger partial charge in [0.05, 0.1) is 18.8 Å². The van der Waals surface area contributed by atoms with Crippen LogP contribution in [0.1, 0.15) is 59.5 Å². The van der Waals surface area contributed by atoms with Gasteiger partial charge in [0.2, 0.25) is 5.91 Å². The van der Waals surface area contributed by atoms with Gasteiger partial charge in [0.1, 0.15) is 12.3 Å². The van der Waals surface area contributed by atoms with Crippen molar-refractivity contribution >= 4 is 39.0 Å². The summed E-state index contributed by atoms with van der Waals surface area (Å²) >= 11 is 0. The van der Waals surface area contributed by atoms with Crippen LogP contribution >= 0.6 is 0 Å². The Kier molecular flexibility index (Phi) is 10.4. The third-order valence-electron chi connectivity index (χ3n) is 10.4. The van der Waals surface area contributed by atoms with E-state index in [0.717, 1.165) is 70.8 Å². The summed E-state index contributed by atoms with van der Waals surface area (Å²) in [5, 5.41) is 4.23. The Morgan fingerprint density at radius 1 is 0.960 bits per heavy atom. The number of piperazine rings is 1. The first-order valence-corrected chi connectivity index (χ1v) is 18.9. The molecule has 2 aromatic carbocycles. The fourth-order valence-electron chi connectivity index (χ4n) is 7.53. The largest absolute Gasteiger partial charge is 0.497 e. The Labute approximate surface area is 294 Å². The topological polar surface area (TPSA) is 137 Å². The fraction of sp³-hybridized carbons (Fsp3) is 0.528. The highest BCUT2D eigenvalue weighted by molar-refractivity contribution is 7.87. The molecule has 13 nitrogen and oxygen atoms in total. The highest BCUT2D eigenvalue weighted by Crippen LogP contribution is 2.46. The summed E-state index contributed by atoms with van der Waals surface area (Å²) in [6.07, 6.45) is 6.08. The van der Waals surface area contributed by atoms with E-state index in [9.17, 15) is 22.8 Å². The lowest BCUT2D eigenvalue weighted by Crippen LogP contribution is -2.52. The highest BCUT2D eigenvalue weighted by atomic mass is 32.2. The predicted octanol–water partition coefficient (Wildman–Crippen LogP) is 3.24. The highest BCUT2D eigenvalue weighted by Gasteiger charge is 2.33. The van der Waals surface area contributed by atoms with Gasteiger partial charge in [-0.2, -0.15) is 12.7 Å². The van der Waals surface area contributed by atoms with Crippen molar-refractivity contribution < 1.29 is 27.5 Å². The van der Waals surface area contributed by atoms with Crippen molar-refractivity contribution in [1.29, 1.82) is 0 Å². The van der Waals surface area contributed by atoms with E-state index < -0.39 is 16.1 Å². The zero-order chi connectivity index (χ0) is 35.7. The maximum absolute atomic E-state index is 13.7. The maximum atomic E-state index is 13.7. The van der Waals surface area contributed by atoms with Crippen LogP contribution in [-0.2, 0) is 28.0 Å². The molecular formula is C36H49N7O6S. The van der Waals surface area contributed by atoms with Gasteiger partial charge in [-0.25, -0.2) is 9.52 Å². The van der Waals surface area contributed by atoms with Gasteiger partial charge in [-0.1, -0.05) is 25.3 Å². The van der Waals surface area contributed by atoms with Gasteiger partial charge in [-0.15, -0.1) is 0 Å². The average Bonchev–Trinajstić information content (AvgIpc) is 3.31. The van der Waals surface area contributed by atoms with Gasteiger partial charge >= 0.3 is 16.2 Å². The number of methoxy groups -OCH3 is 1. The normalized spacial score (nSPS) is 18.7. The predicted molar refractivity (Wildman–Crippen MR) is 193 cm³/mol. The van der Waals surface area contributed by atoms with Crippen LogP contribution in [-0.4, -0.2) is 124 Å². The molecular weight excluding hydrogens is 659 g/mol. The van der Waals surface area contributed by atoms with Crippen LogP contribution < -0.4 is 14.8 Å². The van der Waals surface area contributed by atoms with Crippen molar-refractivity contribution in [1.82, 2.24) is 33.6 Å². The lowest BCUT2D eigenvalue weighted by molar-refractivity contribution is -0.133. The second kappa shape index (κ2) is 14.6. The quantitative estimate of drug-likeness (QED) is 0.367. The number of fused-ring (bicyclic) bond motifs is 5. The summed E-state index contributed by atoms with van der Waals surface area (Å²) < 4.78 is 36.0. The SMILES string of the molecule is COc1ccc2c(c1)CC(NC(=O)N(C)CC(=O)N1CCN(C)CC1)Cn1c-2c(C2CCCCC2)c2ccc(C(=O)NS(=O)(=O)N(C)C)cc21. The number of carbonyl (C=O) groups is 3. The number of hydrogen-bond donors (Lipinski definition) is 2. The van der Waals surface area contributed by atoms with Crippen LogP contribution in [0.25, 0.3) is 22.2 Å². The Hall–Kier alpha value is -4.14. The Balaban J connectivity index is 1.39. The van der Waals surface area contributed by atoms with Crippen LogP contribution in [0, 0.1) is 0 Å². The van der Waals surface area contributed by atoms with E-state index in [4.69, 9.17) is 4.74 Å². The Morgan fingerprint density at radius 2 is 1.68 bits per heavy atom. The number of benzene rings is 2. The fourth-order valence-corrected chi connectivity index (χ4v) is 8.06. The van der Waals surface area contributed by atoms with Gasteiger partial charge in [-0.3, -0.25) is 9.59 Å². The maximum Gasteiger partial charge on any atom is 0.317 e. The molecule has 2 fully saturated rings. The number of nitrogens with zero attached hydrogens (tertiary/aromatic N) is 5. The van der Waals surface area contributed by atoms with E-state index in [2.05, 4.69) is 25.6 Å². The van der Waals surface area contributed by atoms with Gasteiger partial charge in [-0.05, 0) is 73.7 Å². The summed E-state index contributed by atoms with van der Waals surface area (Å²) in [5.41, 5.74) is 5.37. The van der Waals surface area contributed by atoms with Gasteiger partial charge in [0, 0.05) is 75.9 Å². The lowest BCUT2D eigenvalue weighted by atomic mass is 9.81. The summed E-state index contributed by atoms with van der Waals surface area (Å²) in [7, 11) is 4.04. The molecule has 3 heterocycles. The van der Waals surface area contributed by atoms with Crippen molar-refractivity contribution in [3.63, 3.8) is 0 Å². The zero-order valence-corrected chi connectivity index (χ0v) is 30.5. The van der Waals surface area contributed by atoms with Crippen molar-refractivity contribution in [2.24, 2.45) is 0 Å². The van der Waals surface area contributed by atoms with E-state index >= 15 is 0 Å². The number of hydrogen-bond acceptors (Lipinski definition) is 7. The number of likely N-dealkylation sites (N-methyl/N-ethyl adjacent to an activating group) is 2. The number of urea groups is 1. The molecule has 0 spiro atoms. The minimum Gasteiger partial charge on any atom is -0.497 e. The summed E-state index contributed by atoms with van der Waals surface area (Å²) in [5.74, 6) is 0.230. The molecule has 0 bridgehead atoms. The molecule has 1 saturated heterocycles. The standard InChI is InChI=1S/C36H49N7O6S/c1-39(2)50(47,48)38-35(45)25-11-13-30-31(21-25)43-22-27(37-36(46)41(4)23-32(44)42-17-15-40(3)16-18-42)19-26-20-28(49-5)12-14-29(26)34(43)33(30)24-9-7-6-8-10-24/h11-14,20-21,24,27H,6-10,15-19,22-23H2,1-5H3,(H,37,46)(H,38,45). The first kappa shape index (κ1) is 35.7. The van der Waals surface area contributed by atoms with E-state index in [0.29, 0.717) is 37.7 Å². The number of nitrogens with one attached hydrogen (secondary N) is 2. The smallest absolute Gasteiger partial charge is 0.317 e. The van der Waals surface area contributed by atoms with Crippen LogP contribution in [0.15, 0.2) is 36.4 Å². The molecule has 3 aliphatic rings. The number of aromatic nitrogens is 1. The summed E-state index contributed by atoms with van der Waals surface area (Å²) in [4.78, 5) is 45.5. The van der Waals surface area contributed by atoms with Crippen LogP contribution in [0.3, 0.4) is 0 Å². The molecule has 14 heteroatoms. The third kappa shape index (κ3) is 7.33. The number of amides is 4. The average molecular weight is 708 g/mol. The first-order valence-electron chi connectivity index (χ1n) is 17.4. The molecule has 1 atom stereocenters. The lowest BCUT2D eigenvalue weighted by Gasteiger charge is -2.33. The molecule has 1 unspecified atom stereocenters. The molecule has 1 saturated carbocycles. The number of rotatable bonds is 8. The second-order valence-electron chi connectivity index (χ2n) is 14.1. The van der Waals surface area contributed by atoms with Crippen molar-refractivity contribution in [2.45, 2.75) is 57.0 Å². The Morgan fingerprint density at radius 3 is 2.36 bits per heavy atom. The van der Waals surface area contributed by atoms with Crippen molar-refractivity contribution in [3.8, 4) is 17.0 Å². The van der Waals surface area contributed by atoms with Gasteiger partial charge in [0.15, 0.2) is 0 Å². The molecule has 2 aliphatic heterocycles. The summed E-state index contributed by atoms with van der Waals surface area (Å²) in [6.45, 7) is 3.27. The van der Waals surface area contributed by atoms with Crippen molar-refractivity contribution in [2.75, 3.05) is 68.0 Å². The molecule has 1 aliphatic carbocycles. The van der Waals surface area contributed by atoms with Gasteiger partial charge in [0.25, 0.3) is 5.91 Å². The summed E-state index contributed by atoms with van der Waals surface area (Å²) in [6, 6.07) is 10.7. The minimum atomic E-state index is -4.00. The monoisotopic (exact) mass is 707 g/mol. The van der Waals surface area contributed by atoms with Crippen LogP contribution in [0.4, 0.5) is 4.79 Å². The van der Waals surface area contributed by atoms with E-state index in [-0.39, 0.29) is 30.1 Å². The number of carbonyl (C=O) groups excluding carboxylic acids is 3. The van der Waals surface area contributed by atoms with E-state index in [1.165, 1.54) is 31.0 Å². The number of ether oxygens (including phenoxy) is 1. The van der Waals surface area contributed by atoms with Crippen LogP contribution in [0.2, 0.25) is 0 Å². The Bertz CT molecular complexity index is 1880. The van der Waals surface area contributed by atoms with E-state index in [1.54, 1.807) is 31.2 Å². The molecule has 4 amide bonds. The zero-order valence-electron chi connectivity index (χ0n) is 29.7. The molecule has 3 aromatic rings. The third-order valence-corrected chi connectivity index (χ3v) is 11.8. The van der Waals surface area contributed by atoms with Gasteiger partial charge < -0.3 is 29.3 Å². The molecule has 270 valence electrons. The van der Waals surface area contributed by atoms with Crippen LogP contribution in [0.5, 0.6) is 5.75 Å². The minimum absolute atomic E-state index is 0.0233. The second-order valence-corrected chi connectivity index (χ2v) is 16.0. The molecule has 6 rings (SSSR count). The molecule has 2 N–H and O–H groups in total. The molecule has 1 aromatic heterocycles. The molecule has 0 radical (unpaired) electrons. The van der Waals surface area contributed by atoms with Crippen molar-refractivity contribution in [3.05, 3.63) is 53.1 Å². The van der Waals surface area contributed by atoms with E-state index in [1.807, 2.05) is 25.2 Å². The molecule has 50 heavy (non-hydrogen) atoms.